The van der Waals surface area contributed by atoms with Crippen LogP contribution in [-0.2, 0) is 33.5 Å². The minimum atomic E-state index is -1.60. The molecule has 1 aromatic rings. The number of nitrogens with one attached hydrogen (secondary N) is 1. The van der Waals surface area contributed by atoms with Crippen molar-refractivity contribution in [1.82, 2.24) is 15.2 Å². The van der Waals surface area contributed by atoms with E-state index in [-0.39, 0.29) is 70.8 Å². The van der Waals surface area contributed by atoms with E-state index in [1.807, 2.05) is 0 Å². The van der Waals surface area contributed by atoms with E-state index in [1.54, 1.807) is 0 Å². The summed E-state index contributed by atoms with van der Waals surface area (Å²) in [7, 11) is 1.25. The third-order valence-electron chi connectivity index (χ3n) is 4.73. The van der Waals surface area contributed by atoms with Crippen LogP contribution in [0.15, 0.2) is 33.6 Å². The van der Waals surface area contributed by atoms with Crippen molar-refractivity contribution >= 4 is 57.7 Å². The minimum Gasteiger partial charge on any atom is -0.543 e. The van der Waals surface area contributed by atoms with E-state index in [1.165, 1.54) is 30.3 Å². The molecule has 34 heavy (non-hydrogen) atoms. The van der Waals surface area contributed by atoms with E-state index in [0.717, 1.165) is 16.2 Å². The molecule has 0 radical (unpaired) electrons. The zero-order chi connectivity index (χ0) is 23.7. The fraction of sp³-hybridized carbons (Fsp3) is 0.333. The van der Waals surface area contributed by atoms with E-state index >= 15 is 0 Å². The molecular formula is C18H16N5NaO8S2. The molecule has 174 valence electrons. The summed E-state index contributed by atoms with van der Waals surface area (Å²) in [6.45, 7) is -0.0197. The number of thioether (sulfide) groups is 1. The van der Waals surface area contributed by atoms with Gasteiger partial charge in [-0.05, 0) is 0 Å². The zero-order valence-corrected chi connectivity index (χ0v) is 21.6. The predicted octanol–water partition coefficient (Wildman–Crippen LogP) is -5.06. The number of aromatic nitrogens is 1. The molecule has 3 N–H and O–H groups in total. The number of hydrogen-bond donors (Lipinski definition) is 2. The summed E-state index contributed by atoms with van der Waals surface area (Å²) in [5.74, 6) is -3.37. The van der Waals surface area contributed by atoms with Crippen molar-refractivity contribution in [2.24, 2.45) is 5.16 Å². The van der Waals surface area contributed by atoms with Gasteiger partial charge in [-0.1, -0.05) is 5.16 Å². The van der Waals surface area contributed by atoms with Gasteiger partial charge in [-0.15, -0.1) is 23.1 Å². The largest absolute Gasteiger partial charge is 1.00 e. The summed E-state index contributed by atoms with van der Waals surface area (Å²) >= 11 is 2.30. The number of nitrogen functional groups attached to an aromatic ring is 1. The number of ether oxygens (including phenoxy) is 2. The van der Waals surface area contributed by atoms with Gasteiger partial charge in [0.05, 0.1) is 11.7 Å². The van der Waals surface area contributed by atoms with Gasteiger partial charge in [0.15, 0.2) is 10.8 Å². The van der Waals surface area contributed by atoms with E-state index in [0.29, 0.717) is 5.57 Å². The maximum atomic E-state index is 12.8. The van der Waals surface area contributed by atoms with Gasteiger partial charge >= 0.3 is 35.5 Å². The number of carbonyl (C=O) groups excluding carboxylic acids is 4. The Morgan fingerprint density at radius 2 is 2.21 bits per heavy atom. The topological polar surface area (TPSA) is 186 Å². The third-order valence-corrected chi connectivity index (χ3v) is 6.66. The van der Waals surface area contributed by atoms with Crippen LogP contribution in [0.1, 0.15) is 5.69 Å². The Morgan fingerprint density at radius 1 is 1.44 bits per heavy atom. The number of fused-ring (bicyclic) bond motifs is 1. The quantitative estimate of drug-likeness (QED) is 0.111. The van der Waals surface area contributed by atoms with Crippen LogP contribution in [0.3, 0.4) is 0 Å². The van der Waals surface area contributed by atoms with Crippen molar-refractivity contribution in [2.45, 2.75) is 11.4 Å². The number of nitrogens with two attached hydrogens (primary N) is 1. The first-order chi connectivity index (χ1) is 15.8. The van der Waals surface area contributed by atoms with Crippen molar-refractivity contribution in [1.29, 1.82) is 0 Å². The molecule has 4 heterocycles. The van der Waals surface area contributed by atoms with Gasteiger partial charge in [0.1, 0.15) is 48.9 Å². The Kier molecular flexibility index (Phi) is 8.25. The molecule has 2 amide bonds. The summed E-state index contributed by atoms with van der Waals surface area (Å²) in [6, 6.07) is -1.01. The van der Waals surface area contributed by atoms with Crippen molar-refractivity contribution in [3.63, 3.8) is 0 Å². The molecule has 0 saturated carbocycles. The van der Waals surface area contributed by atoms with Gasteiger partial charge in [0, 0.05) is 17.0 Å². The number of oxime groups is 1. The molecular weight excluding hydrogens is 501 g/mol. The Morgan fingerprint density at radius 3 is 2.79 bits per heavy atom. The van der Waals surface area contributed by atoms with Gasteiger partial charge in [0.2, 0.25) is 0 Å². The SMILES string of the molecule is CO/N=C(\C(=O)N[C@@H]1C(=O)N2C(C(=O)[O-])=C(OCC3=CC(=O)OC3)CS[C@@H]12)c1csc(N)n1.[Na+]. The summed E-state index contributed by atoms with van der Waals surface area (Å²) in [5, 5.41) is 19.0. The van der Waals surface area contributed by atoms with E-state index < -0.39 is 40.9 Å². The Labute approximate surface area is 222 Å². The summed E-state index contributed by atoms with van der Waals surface area (Å²) < 4.78 is 10.3. The predicted molar refractivity (Wildman–Crippen MR) is 112 cm³/mol. The van der Waals surface area contributed by atoms with Crippen LogP contribution in [-0.4, -0.2) is 76.8 Å². The first kappa shape index (κ1) is 26.0. The number of hydrogen-bond acceptors (Lipinski definition) is 13. The normalized spacial score (nSPS) is 21.6. The van der Waals surface area contributed by atoms with Crippen LogP contribution >= 0.6 is 23.1 Å². The number of aliphatic carboxylic acids is 1. The number of amides is 2. The molecule has 1 aromatic heterocycles. The monoisotopic (exact) mass is 517 g/mol. The number of carbonyl (C=O) groups is 4. The maximum Gasteiger partial charge on any atom is 1.00 e. The molecule has 0 aromatic carbocycles. The Hall–Kier alpha value is -2.59. The molecule has 3 aliphatic heterocycles. The number of β-lactam (4-membered cyclic amide) rings is 1. The number of cyclic esters (lactones) is 1. The number of anilines is 1. The van der Waals surface area contributed by atoms with Crippen LogP contribution in [0.5, 0.6) is 0 Å². The fourth-order valence-electron chi connectivity index (χ4n) is 3.27. The van der Waals surface area contributed by atoms with E-state index in [2.05, 4.69) is 15.5 Å². The van der Waals surface area contributed by atoms with Crippen LogP contribution in [0, 0.1) is 0 Å². The first-order valence-electron chi connectivity index (χ1n) is 9.31. The van der Waals surface area contributed by atoms with Crippen molar-refractivity contribution in [3.8, 4) is 0 Å². The first-order valence-corrected chi connectivity index (χ1v) is 11.2. The molecule has 0 spiro atoms. The fourth-order valence-corrected chi connectivity index (χ4v) is 5.10. The number of carboxylic acids is 1. The van der Waals surface area contributed by atoms with Crippen molar-refractivity contribution < 1.29 is 68.2 Å². The smallest absolute Gasteiger partial charge is 0.543 e. The molecule has 16 heteroatoms. The van der Waals surface area contributed by atoms with Crippen LogP contribution in [0.4, 0.5) is 5.13 Å². The van der Waals surface area contributed by atoms with Crippen LogP contribution < -0.4 is 45.7 Å². The van der Waals surface area contributed by atoms with Crippen molar-refractivity contribution in [3.05, 3.63) is 34.2 Å². The van der Waals surface area contributed by atoms with E-state index in [9.17, 15) is 24.3 Å². The third kappa shape index (κ3) is 5.07. The molecule has 3 aliphatic rings. The summed E-state index contributed by atoms with van der Waals surface area (Å²) in [5.41, 5.74) is 5.70. The van der Waals surface area contributed by atoms with Crippen LogP contribution in [0.25, 0.3) is 0 Å². The molecule has 0 aliphatic carbocycles. The zero-order valence-electron chi connectivity index (χ0n) is 17.9. The van der Waals surface area contributed by atoms with Crippen molar-refractivity contribution in [2.75, 3.05) is 31.8 Å². The van der Waals surface area contributed by atoms with E-state index in [4.69, 9.17) is 20.0 Å². The average molecular weight is 517 g/mol. The molecule has 13 nitrogen and oxygen atoms in total. The Balaban J connectivity index is 0.00000324. The number of nitrogens with zero attached hydrogens (tertiary/aromatic N) is 3. The number of rotatable bonds is 8. The molecule has 0 unspecified atom stereocenters. The summed E-state index contributed by atoms with van der Waals surface area (Å²) in [6.07, 6.45) is 1.26. The Bertz CT molecular complexity index is 1130. The molecule has 2 atom stereocenters. The molecule has 1 fully saturated rings. The number of carboxylic acid groups (broad SMARTS) is 1. The average Bonchev–Trinajstić information content (AvgIpc) is 3.40. The number of esters is 1. The molecule has 4 rings (SSSR count). The minimum absolute atomic E-state index is 0. The maximum absolute atomic E-state index is 12.8. The van der Waals surface area contributed by atoms with Crippen LogP contribution in [0.2, 0.25) is 0 Å². The van der Waals surface area contributed by atoms with Gasteiger partial charge in [-0.25, -0.2) is 9.78 Å². The van der Waals surface area contributed by atoms with Gasteiger partial charge in [-0.3, -0.25) is 14.5 Å². The second kappa shape index (κ2) is 10.8. The van der Waals surface area contributed by atoms with Gasteiger partial charge in [-0.2, -0.15) is 0 Å². The molecule has 0 bridgehead atoms. The van der Waals surface area contributed by atoms with Gasteiger partial charge in [0.25, 0.3) is 11.8 Å². The summed E-state index contributed by atoms with van der Waals surface area (Å²) in [4.78, 5) is 58.1. The second-order valence-corrected chi connectivity index (χ2v) is 8.81. The van der Waals surface area contributed by atoms with Gasteiger partial charge < -0.3 is 35.3 Å². The number of thiazole rings is 1. The second-order valence-electron chi connectivity index (χ2n) is 6.81. The standard InChI is InChI=1S/C18H17N5O8S2.Na/c1-29-22-11(8-5-33-18(19)20-8)14(25)21-12-15(26)23-13(17(27)28)9(6-32-16(12)23)30-3-7-2-10(24)31-4-7;/h2,5,12,16H,3-4,6H2,1H3,(H2,19,20)(H,21,25)(H,27,28);/q;+1/p-1/b22-11-;/t12-,16+;/m1./s1. The molecule has 1 saturated heterocycles.